The molecule has 0 atom stereocenters. The van der Waals surface area contributed by atoms with Gasteiger partial charge in [0, 0.05) is 17.3 Å². The monoisotopic (exact) mass is 533 g/mol. The zero-order valence-corrected chi connectivity index (χ0v) is 21.9. The zero-order chi connectivity index (χ0) is 27.1. The summed E-state index contributed by atoms with van der Waals surface area (Å²) in [6.07, 6.45) is 3.02. The van der Waals surface area contributed by atoms with Crippen LogP contribution in [0.2, 0.25) is 0 Å². The van der Waals surface area contributed by atoms with Crippen LogP contribution in [-0.2, 0) is 21.4 Å². The molecule has 3 aromatic carbocycles. The van der Waals surface area contributed by atoms with Gasteiger partial charge < -0.3 is 19.3 Å². The van der Waals surface area contributed by atoms with Crippen LogP contribution in [0, 0.1) is 13.8 Å². The average molecular weight is 534 g/mol. The predicted octanol–water partition coefficient (Wildman–Crippen LogP) is 5.33. The smallest absolute Gasteiger partial charge is 0.264 e. The lowest BCUT2D eigenvalue weighted by atomic mass is 10.2. The summed E-state index contributed by atoms with van der Waals surface area (Å²) in [6, 6.07) is 21.0. The molecule has 0 saturated carbocycles. The van der Waals surface area contributed by atoms with Crippen molar-refractivity contribution in [3.8, 4) is 11.5 Å². The molecule has 4 rings (SSSR count). The van der Waals surface area contributed by atoms with Gasteiger partial charge in [-0.3, -0.25) is 4.79 Å². The summed E-state index contributed by atoms with van der Waals surface area (Å²) in [5, 5.41) is 6.45. The molecular formula is C28H27N3O6S. The Morgan fingerprint density at radius 2 is 1.74 bits per heavy atom. The van der Waals surface area contributed by atoms with E-state index in [-0.39, 0.29) is 16.7 Å². The number of methoxy groups -OCH3 is 1. The molecule has 0 aliphatic rings. The highest BCUT2D eigenvalue weighted by molar-refractivity contribution is 7.92. The lowest BCUT2D eigenvalue weighted by Gasteiger charge is -2.11. The minimum absolute atomic E-state index is 0.0150. The Hall–Kier alpha value is -4.57. The van der Waals surface area contributed by atoms with Gasteiger partial charge in [0.1, 0.15) is 6.61 Å². The van der Waals surface area contributed by atoms with E-state index in [1.165, 1.54) is 30.3 Å². The summed E-state index contributed by atoms with van der Waals surface area (Å²) >= 11 is 0. The molecule has 9 nitrogen and oxygen atoms in total. The Morgan fingerprint density at radius 1 is 1.00 bits per heavy atom. The second-order valence-electron chi connectivity index (χ2n) is 8.36. The van der Waals surface area contributed by atoms with Crippen LogP contribution >= 0.6 is 0 Å². The van der Waals surface area contributed by atoms with Gasteiger partial charge >= 0.3 is 0 Å². The fourth-order valence-electron chi connectivity index (χ4n) is 3.41. The predicted molar refractivity (Wildman–Crippen MR) is 145 cm³/mol. The summed E-state index contributed by atoms with van der Waals surface area (Å²) in [5.74, 6) is 0.827. The minimum Gasteiger partial charge on any atom is -0.493 e. The van der Waals surface area contributed by atoms with Gasteiger partial charge in [-0.1, -0.05) is 41.6 Å². The van der Waals surface area contributed by atoms with Crippen molar-refractivity contribution < 1.29 is 27.2 Å². The molecule has 10 heteroatoms. The van der Waals surface area contributed by atoms with Crippen molar-refractivity contribution in [3.63, 3.8) is 0 Å². The van der Waals surface area contributed by atoms with Crippen LogP contribution in [-0.4, -0.2) is 26.6 Å². The van der Waals surface area contributed by atoms with Crippen LogP contribution in [0.5, 0.6) is 11.5 Å². The van der Waals surface area contributed by atoms with Gasteiger partial charge in [-0.05, 0) is 67.4 Å². The molecule has 2 N–H and O–H groups in total. The van der Waals surface area contributed by atoms with Crippen molar-refractivity contribution in [3.05, 3.63) is 101 Å². The van der Waals surface area contributed by atoms with E-state index in [1.54, 1.807) is 39.2 Å². The zero-order valence-electron chi connectivity index (χ0n) is 21.1. The number of hydrogen-bond donors (Lipinski definition) is 2. The number of hydrogen-bond acceptors (Lipinski definition) is 7. The van der Waals surface area contributed by atoms with Crippen LogP contribution in [0.1, 0.15) is 22.4 Å². The van der Waals surface area contributed by atoms with Crippen molar-refractivity contribution in [1.82, 2.24) is 5.16 Å². The highest BCUT2D eigenvalue weighted by atomic mass is 32.2. The number of rotatable bonds is 10. The standard InChI is InChI=1S/C28H27N3O6S/c1-19-20(2)30-37-28(19)31-38(33,34)24-13-11-23(12-14-24)29-27(32)16-10-21-9-15-25(26(17-21)35-3)36-18-22-7-5-4-6-8-22/h4-17,31H,18H2,1-3H3,(H,29,32)/b16-10+. The maximum absolute atomic E-state index is 12.6. The number of nitrogens with one attached hydrogen (secondary N) is 2. The number of aryl methyl sites for hydroxylation is 1. The van der Waals surface area contributed by atoms with Crippen LogP contribution in [0.25, 0.3) is 6.08 Å². The maximum Gasteiger partial charge on any atom is 0.264 e. The number of amides is 1. The van der Waals surface area contributed by atoms with Gasteiger partial charge in [0.15, 0.2) is 11.5 Å². The highest BCUT2D eigenvalue weighted by Gasteiger charge is 2.19. The van der Waals surface area contributed by atoms with Crippen LogP contribution in [0.15, 0.2) is 88.3 Å². The number of nitrogens with zero attached hydrogens (tertiary/aromatic N) is 1. The second kappa shape index (κ2) is 11.7. The quantitative estimate of drug-likeness (QED) is 0.264. The Bertz CT molecular complexity index is 1550. The van der Waals surface area contributed by atoms with E-state index in [0.29, 0.717) is 35.1 Å². The number of carbonyl (C=O) groups is 1. The third-order valence-electron chi connectivity index (χ3n) is 5.67. The van der Waals surface area contributed by atoms with Gasteiger partial charge in [0.05, 0.1) is 17.7 Å². The molecule has 0 aliphatic heterocycles. The molecule has 0 bridgehead atoms. The van der Waals surface area contributed by atoms with E-state index in [1.807, 2.05) is 36.4 Å². The van der Waals surface area contributed by atoms with Crippen LogP contribution < -0.4 is 19.5 Å². The first-order chi connectivity index (χ1) is 18.2. The topological polar surface area (TPSA) is 120 Å². The van der Waals surface area contributed by atoms with Crippen LogP contribution in [0.3, 0.4) is 0 Å². The van der Waals surface area contributed by atoms with Crippen molar-refractivity contribution in [1.29, 1.82) is 0 Å². The van der Waals surface area contributed by atoms with Crippen molar-refractivity contribution in [2.24, 2.45) is 0 Å². The van der Waals surface area contributed by atoms with E-state index in [0.717, 1.165) is 11.1 Å². The van der Waals surface area contributed by atoms with E-state index in [9.17, 15) is 13.2 Å². The number of benzene rings is 3. The summed E-state index contributed by atoms with van der Waals surface area (Å²) in [5.41, 5.74) is 3.43. The molecule has 0 radical (unpaired) electrons. The highest BCUT2D eigenvalue weighted by Crippen LogP contribution is 2.29. The van der Waals surface area contributed by atoms with Gasteiger partial charge in [-0.2, -0.15) is 0 Å². The molecular weight excluding hydrogens is 506 g/mol. The molecule has 1 heterocycles. The fourth-order valence-corrected chi connectivity index (χ4v) is 4.45. The average Bonchev–Trinajstić information content (AvgIpc) is 3.23. The molecule has 0 spiro atoms. The SMILES string of the molecule is COc1cc(/C=C/C(=O)Nc2ccc(S(=O)(=O)Nc3onc(C)c3C)cc2)ccc1OCc1ccccc1. The molecule has 0 fully saturated rings. The number of carbonyl (C=O) groups excluding carboxylic acids is 1. The molecule has 0 saturated heterocycles. The molecule has 4 aromatic rings. The Kier molecular flexibility index (Phi) is 8.12. The molecule has 196 valence electrons. The lowest BCUT2D eigenvalue weighted by molar-refractivity contribution is -0.111. The number of ether oxygens (including phenoxy) is 2. The number of sulfonamides is 1. The summed E-state index contributed by atoms with van der Waals surface area (Å²) in [7, 11) is -2.32. The first-order valence-electron chi connectivity index (χ1n) is 11.6. The van der Waals surface area contributed by atoms with E-state index in [2.05, 4.69) is 15.2 Å². The normalized spacial score (nSPS) is 11.3. The second-order valence-corrected chi connectivity index (χ2v) is 10.0. The maximum atomic E-state index is 12.6. The Balaban J connectivity index is 1.36. The molecule has 0 unspecified atom stereocenters. The van der Waals surface area contributed by atoms with Gasteiger partial charge in [-0.25, -0.2) is 13.1 Å². The first kappa shape index (κ1) is 26.5. The summed E-state index contributed by atoms with van der Waals surface area (Å²) in [4.78, 5) is 12.4. The molecule has 38 heavy (non-hydrogen) atoms. The molecule has 0 aliphatic carbocycles. The lowest BCUT2D eigenvalue weighted by Crippen LogP contribution is -2.13. The first-order valence-corrected chi connectivity index (χ1v) is 13.1. The van der Waals surface area contributed by atoms with Crippen LogP contribution in [0.4, 0.5) is 11.6 Å². The van der Waals surface area contributed by atoms with Gasteiger partial charge in [0.2, 0.25) is 11.8 Å². The number of anilines is 2. The van der Waals surface area contributed by atoms with E-state index >= 15 is 0 Å². The third-order valence-corrected chi connectivity index (χ3v) is 7.02. The minimum atomic E-state index is -3.88. The van der Waals surface area contributed by atoms with Crippen molar-refractivity contribution in [2.45, 2.75) is 25.3 Å². The van der Waals surface area contributed by atoms with Crippen molar-refractivity contribution in [2.75, 3.05) is 17.1 Å². The molecule has 1 amide bonds. The fraction of sp³-hybridized carbons (Fsp3) is 0.143. The van der Waals surface area contributed by atoms with Gasteiger partial charge in [0.25, 0.3) is 10.0 Å². The summed E-state index contributed by atoms with van der Waals surface area (Å²) in [6.45, 7) is 3.83. The van der Waals surface area contributed by atoms with Crippen molar-refractivity contribution >= 4 is 33.6 Å². The number of aromatic nitrogens is 1. The Morgan fingerprint density at radius 3 is 2.39 bits per heavy atom. The van der Waals surface area contributed by atoms with Gasteiger partial charge in [-0.15, -0.1) is 0 Å². The third kappa shape index (κ3) is 6.60. The largest absolute Gasteiger partial charge is 0.493 e. The molecule has 1 aromatic heterocycles. The Labute approximate surface area is 221 Å². The van der Waals surface area contributed by atoms with E-state index in [4.69, 9.17) is 14.0 Å². The van der Waals surface area contributed by atoms with E-state index < -0.39 is 10.0 Å². The summed E-state index contributed by atoms with van der Waals surface area (Å²) < 4.78 is 44.0.